The number of carbonyl (C=O) groups excluding carboxylic acids is 1. The molecule has 0 saturated carbocycles. The number of epoxide rings is 1. The van der Waals surface area contributed by atoms with E-state index in [-0.39, 0.29) is 12.3 Å². The normalized spacial score (nSPS) is 24.1. The van der Waals surface area contributed by atoms with E-state index >= 15 is 0 Å². The fraction of sp³-hybridized carbons (Fsp3) is 0.833. The Hall–Kier alpha value is -0.220. The van der Waals surface area contributed by atoms with Gasteiger partial charge in [0.25, 0.3) is 0 Å². The summed E-state index contributed by atoms with van der Waals surface area (Å²) in [5, 5.41) is 0. The summed E-state index contributed by atoms with van der Waals surface area (Å²) in [7, 11) is 0. The maximum atomic E-state index is 10.9. The largest absolute Gasteiger partial charge is 0.432 e. The van der Waals surface area contributed by atoms with Gasteiger partial charge < -0.3 is 9.47 Å². The molecule has 4 heteroatoms. The quantitative estimate of drug-likeness (QED) is 0.367. The smallest absolute Gasteiger partial charge is 0.323 e. The first-order chi connectivity index (χ1) is 4.50. The van der Waals surface area contributed by atoms with Gasteiger partial charge in [-0.2, -0.15) is 12.6 Å². The average Bonchev–Trinajstić information content (AvgIpc) is 2.47. The zero-order chi connectivity index (χ0) is 7.78. The van der Waals surface area contributed by atoms with Crippen molar-refractivity contribution in [3.8, 4) is 0 Å². The minimum atomic E-state index is -0.716. The number of carbonyl (C=O) groups is 1. The van der Waals surface area contributed by atoms with Gasteiger partial charge in [0.1, 0.15) is 11.4 Å². The van der Waals surface area contributed by atoms with Gasteiger partial charge in [0.2, 0.25) is 6.29 Å². The summed E-state index contributed by atoms with van der Waals surface area (Å²) in [5.74, 6) is -0.335. The first kappa shape index (κ1) is 7.88. The number of thiol groups is 1. The summed E-state index contributed by atoms with van der Waals surface area (Å²) in [6.07, 6.45) is -0.307. The first-order valence-electron chi connectivity index (χ1n) is 3.05. The molecule has 1 fully saturated rings. The lowest BCUT2D eigenvalue weighted by Gasteiger charge is -2.13. The van der Waals surface area contributed by atoms with Gasteiger partial charge in [0.15, 0.2) is 0 Å². The fourth-order valence-electron chi connectivity index (χ4n) is 0.371. The zero-order valence-electron chi connectivity index (χ0n) is 5.96. The van der Waals surface area contributed by atoms with Crippen LogP contribution in [0.3, 0.4) is 0 Å². The van der Waals surface area contributed by atoms with E-state index < -0.39 is 4.75 Å². The van der Waals surface area contributed by atoms with Crippen LogP contribution in [-0.4, -0.2) is 23.6 Å². The van der Waals surface area contributed by atoms with Crippen LogP contribution in [0.2, 0.25) is 0 Å². The number of hydrogen-bond donors (Lipinski definition) is 1. The van der Waals surface area contributed by atoms with E-state index in [1.165, 1.54) is 0 Å². The Kier molecular flexibility index (Phi) is 1.92. The van der Waals surface area contributed by atoms with Gasteiger partial charge in [-0.05, 0) is 13.8 Å². The molecule has 0 spiro atoms. The highest BCUT2D eigenvalue weighted by molar-refractivity contribution is 7.82. The molecule has 1 rings (SSSR count). The van der Waals surface area contributed by atoms with Crippen LogP contribution < -0.4 is 0 Å². The predicted octanol–water partition coefficient (Wildman–Crippen LogP) is 0.594. The van der Waals surface area contributed by atoms with Gasteiger partial charge in [-0.25, -0.2) is 0 Å². The Balaban J connectivity index is 2.32. The standard InChI is InChI=1S/C6H10O3S/c1-6(2,10)5(7)9-4-3-8-4/h4,10H,3H2,1-2H3. The second kappa shape index (κ2) is 2.43. The molecule has 0 amide bonds. The lowest BCUT2D eigenvalue weighted by Crippen LogP contribution is -2.28. The molecule has 1 unspecified atom stereocenters. The van der Waals surface area contributed by atoms with Crippen molar-refractivity contribution in [1.82, 2.24) is 0 Å². The molecule has 0 radical (unpaired) electrons. The van der Waals surface area contributed by atoms with Crippen molar-refractivity contribution < 1.29 is 14.3 Å². The van der Waals surface area contributed by atoms with Crippen LogP contribution in [0.1, 0.15) is 13.8 Å². The van der Waals surface area contributed by atoms with Gasteiger partial charge in [-0.1, -0.05) is 0 Å². The van der Waals surface area contributed by atoms with Crippen molar-refractivity contribution in [1.29, 1.82) is 0 Å². The number of rotatable bonds is 2. The molecule has 10 heavy (non-hydrogen) atoms. The topological polar surface area (TPSA) is 38.8 Å². The molecule has 1 atom stereocenters. The lowest BCUT2D eigenvalue weighted by molar-refractivity contribution is -0.150. The highest BCUT2D eigenvalue weighted by Gasteiger charge is 2.33. The van der Waals surface area contributed by atoms with Crippen LogP contribution >= 0.6 is 12.6 Å². The van der Waals surface area contributed by atoms with Crippen LogP contribution in [-0.2, 0) is 14.3 Å². The fourth-order valence-corrected chi connectivity index (χ4v) is 0.424. The Morgan fingerprint density at radius 3 is 2.60 bits per heavy atom. The molecule has 1 saturated heterocycles. The third kappa shape index (κ3) is 2.19. The Morgan fingerprint density at radius 1 is 1.80 bits per heavy atom. The molecular formula is C6H10O3S. The monoisotopic (exact) mass is 162 g/mol. The highest BCUT2D eigenvalue weighted by Crippen LogP contribution is 2.19. The Bertz CT molecular complexity index is 146. The molecule has 0 aromatic carbocycles. The third-order valence-corrected chi connectivity index (χ3v) is 1.22. The van der Waals surface area contributed by atoms with Crippen LogP contribution in [0.4, 0.5) is 0 Å². The molecule has 0 N–H and O–H groups in total. The minimum absolute atomic E-state index is 0.307. The van der Waals surface area contributed by atoms with Crippen LogP contribution in [0.25, 0.3) is 0 Å². The summed E-state index contributed by atoms with van der Waals surface area (Å²) < 4.78 is 8.77. The summed E-state index contributed by atoms with van der Waals surface area (Å²) >= 11 is 4.02. The van der Waals surface area contributed by atoms with E-state index in [1.807, 2.05) is 0 Å². The molecule has 0 aliphatic carbocycles. The highest BCUT2D eigenvalue weighted by atomic mass is 32.1. The molecule has 1 aliphatic heterocycles. The molecular weight excluding hydrogens is 152 g/mol. The average molecular weight is 162 g/mol. The van der Waals surface area contributed by atoms with Gasteiger partial charge in [-0.15, -0.1) is 0 Å². The summed E-state index contributed by atoms with van der Waals surface area (Å²) in [5.41, 5.74) is 0. The van der Waals surface area contributed by atoms with E-state index in [9.17, 15) is 4.79 Å². The molecule has 0 aromatic rings. The maximum Gasteiger partial charge on any atom is 0.323 e. The van der Waals surface area contributed by atoms with Crippen molar-refractivity contribution in [2.75, 3.05) is 6.61 Å². The molecule has 1 aliphatic rings. The van der Waals surface area contributed by atoms with E-state index in [0.29, 0.717) is 6.61 Å². The third-order valence-electron chi connectivity index (χ3n) is 1.04. The number of esters is 1. The second-order valence-electron chi connectivity index (χ2n) is 2.73. The first-order valence-corrected chi connectivity index (χ1v) is 3.50. The lowest BCUT2D eigenvalue weighted by atomic mass is 10.2. The van der Waals surface area contributed by atoms with E-state index in [0.717, 1.165) is 0 Å². The molecule has 0 bridgehead atoms. The van der Waals surface area contributed by atoms with Crippen LogP contribution in [0.15, 0.2) is 0 Å². The minimum Gasteiger partial charge on any atom is -0.432 e. The van der Waals surface area contributed by atoms with Crippen molar-refractivity contribution in [2.24, 2.45) is 0 Å². The molecule has 58 valence electrons. The van der Waals surface area contributed by atoms with Crippen LogP contribution in [0.5, 0.6) is 0 Å². The summed E-state index contributed by atoms with van der Waals surface area (Å²) in [6.45, 7) is 3.89. The molecule has 3 nitrogen and oxygen atoms in total. The van der Waals surface area contributed by atoms with E-state index in [1.54, 1.807) is 13.8 Å². The predicted molar refractivity (Wildman–Crippen MR) is 38.9 cm³/mol. The van der Waals surface area contributed by atoms with Gasteiger partial charge >= 0.3 is 5.97 Å². The number of hydrogen-bond acceptors (Lipinski definition) is 4. The molecule has 1 heterocycles. The van der Waals surface area contributed by atoms with Crippen molar-refractivity contribution in [3.63, 3.8) is 0 Å². The Morgan fingerprint density at radius 2 is 2.30 bits per heavy atom. The van der Waals surface area contributed by atoms with E-state index in [4.69, 9.17) is 9.47 Å². The van der Waals surface area contributed by atoms with Gasteiger partial charge in [0, 0.05) is 0 Å². The van der Waals surface area contributed by atoms with E-state index in [2.05, 4.69) is 12.6 Å². The van der Waals surface area contributed by atoms with Gasteiger partial charge in [0.05, 0.1) is 0 Å². The Labute approximate surface area is 65.1 Å². The van der Waals surface area contributed by atoms with Crippen molar-refractivity contribution in [2.45, 2.75) is 24.9 Å². The van der Waals surface area contributed by atoms with Crippen molar-refractivity contribution >= 4 is 18.6 Å². The van der Waals surface area contributed by atoms with Gasteiger partial charge in [-0.3, -0.25) is 4.79 Å². The zero-order valence-corrected chi connectivity index (χ0v) is 6.85. The summed E-state index contributed by atoms with van der Waals surface area (Å²) in [4.78, 5) is 10.9. The maximum absolute atomic E-state index is 10.9. The van der Waals surface area contributed by atoms with Crippen molar-refractivity contribution in [3.05, 3.63) is 0 Å². The second-order valence-corrected chi connectivity index (χ2v) is 3.85. The SMILES string of the molecule is CC(C)(S)C(=O)OC1CO1. The molecule has 0 aromatic heterocycles. The number of ether oxygens (including phenoxy) is 2. The summed E-state index contributed by atoms with van der Waals surface area (Å²) in [6, 6.07) is 0. The van der Waals surface area contributed by atoms with Crippen LogP contribution in [0, 0.1) is 0 Å².